The summed E-state index contributed by atoms with van der Waals surface area (Å²) in [4.78, 5) is 4.64. The molecule has 0 aliphatic heterocycles. The Morgan fingerprint density at radius 3 is 2.68 bits per heavy atom. The highest BCUT2D eigenvalue weighted by atomic mass is 16.5. The van der Waals surface area contributed by atoms with E-state index in [0.717, 1.165) is 29.0 Å². The van der Waals surface area contributed by atoms with E-state index in [1.54, 1.807) is 0 Å². The minimum atomic E-state index is -0.543. The summed E-state index contributed by atoms with van der Waals surface area (Å²) < 4.78 is 8.01. The zero-order valence-electron chi connectivity index (χ0n) is 15.2. The van der Waals surface area contributed by atoms with Gasteiger partial charge >= 0.3 is 0 Å². The molecule has 2 aromatic carbocycles. The molecular weight excluding hydrogens is 312 g/mol. The number of para-hydroxylation sites is 2. The van der Waals surface area contributed by atoms with E-state index in [4.69, 9.17) is 4.74 Å². The molecule has 1 atom stereocenters. The summed E-state index contributed by atoms with van der Waals surface area (Å²) in [6.07, 6.45) is 1.09. The van der Waals surface area contributed by atoms with Crippen molar-refractivity contribution < 1.29 is 9.84 Å². The molecule has 0 aliphatic rings. The van der Waals surface area contributed by atoms with Crippen LogP contribution in [0.15, 0.2) is 42.5 Å². The van der Waals surface area contributed by atoms with E-state index in [1.165, 1.54) is 11.1 Å². The fourth-order valence-electron chi connectivity index (χ4n) is 3.04. The molecule has 1 heterocycles. The lowest BCUT2D eigenvalue weighted by Gasteiger charge is -2.14. The Labute approximate surface area is 149 Å². The van der Waals surface area contributed by atoms with E-state index in [-0.39, 0.29) is 0 Å². The maximum absolute atomic E-state index is 10.5. The van der Waals surface area contributed by atoms with Gasteiger partial charge in [0.05, 0.1) is 17.6 Å². The van der Waals surface area contributed by atoms with Gasteiger partial charge in [0.1, 0.15) is 24.3 Å². The number of aryl methyl sites for hydroxylation is 2. The van der Waals surface area contributed by atoms with Crippen LogP contribution < -0.4 is 4.74 Å². The molecule has 0 bridgehead atoms. The molecule has 0 saturated heterocycles. The van der Waals surface area contributed by atoms with Gasteiger partial charge in [-0.2, -0.15) is 0 Å². The molecule has 0 amide bonds. The van der Waals surface area contributed by atoms with Crippen molar-refractivity contribution in [3.63, 3.8) is 0 Å². The third kappa shape index (κ3) is 3.85. The number of hydrogen-bond acceptors (Lipinski definition) is 3. The maximum Gasteiger partial charge on any atom is 0.138 e. The fourth-order valence-corrected chi connectivity index (χ4v) is 3.04. The molecule has 0 saturated carbocycles. The van der Waals surface area contributed by atoms with Gasteiger partial charge in [0.2, 0.25) is 0 Å². The van der Waals surface area contributed by atoms with Crippen LogP contribution in [0.4, 0.5) is 0 Å². The standard InChI is InChI=1S/C21H26N2O2/c1-4-7-20(24)21-22-18-8-5-6-9-19(18)23(21)12-13-25-17-11-10-15(2)16(3)14-17/h5-6,8-11,14,20,24H,4,7,12-13H2,1-3H3/t20-/m0/s1. The van der Waals surface area contributed by atoms with Crippen LogP contribution in [0.3, 0.4) is 0 Å². The van der Waals surface area contributed by atoms with Crippen LogP contribution in [-0.4, -0.2) is 21.3 Å². The van der Waals surface area contributed by atoms with Crippen molar-refractivity contribution in [2.75, 3.05) is 6.61 Å². The largest absolute Gasteiger partial charge is 0.492 e. The number of fused-ring (bicyclic) bond motifs is 1. The average molecular weight is 338 g/mol. The van der Waals surface area contributed by atoms with Crippen LogP contribution in [0.5, 0.6) is 5.75 Å². The third-order valence-electron chi connectivity index (χ3n) is 4.61. The highest BCUT2D eigenvalue weighted by molar-refractivity contribution is 5.76. The molecule has 0 spiro atoms. The Balaban J connectivity index is 1.79. The molecule has 1 aromatic heterocycles. The lowest BCUT2D eigenvalue weighted by Crippen LogP contribution is -2.14. The summed E-state index contributed by atoms with van der Waals surface area (Å²) >= 11 is 0. The SMILES string of the molecule is CCC[C@H](O)c1nc2ccccc2n1CCOc1ccc(C)c(C)c1. The molecule has 0 aliphatic carbocycles. The van der Waals surface area contributed by atoms with Gasteiger partial charge in [0.25, 0.3) is 0 Å². The van der Waals surface area contributed by atoms with E-state index in [0.29, 0.717) is 19.6 Å². The second-order valence-corrected chi connectivity index (χ2v) is 6.51. The monoisotopic (exact) mass is 338 g/mol. The number of aliphatic hydroxyl groups excluding tert-OH is 1. The van der Waals surface area contributed by atoms with Crippen molar-refractivity contribution in [1.82, 2.24) is 9.55 Å². The topological polar surface area (TPSA) is 47.3 Å². The summed E-state index contributed by atoms with van der Waals surface area (Å²) in [6.45, 7) is 7.44. The van der Waals surface area contributed by atoms with Gasteiger partial charge in [0, 0.05) is 0 Å². The first-order valence-electron chi connectivity index (χ1n) is 8.93. The third-order valence-corrected chi connectivity index (χ3v) is 4.61. The van der Waals surface area contributed by atoms with Gasteiger partial charge in [-0.1, -0.05) is 31.5 Å². The second-order valence-electron chi connectivity index (χ2n) is 6.51. The molecule has 4 nitrogen and oxygen atoms in total. The molecule has 4 heteroatoms. The Hall–Kier alpha value is -2.33. The first-order valence-corrected chi connectivity index (χ1v) is 8.93. The molecular formula is C21H26N2O2. The first kappa shape index (κ1) is 17.5. The van der Waals surface area contributed by atoms with Crippen molar-refractivity contribution in [3.05, 3.63) is 59.4 Å². The summed E-state index contributed by atoms with van der Waals surface area (Å²) in [5.74, 6) is 1.61. The van der Waals surface area contributed by atoms with E-state index in [2.05, 4.69) is 42.5 Å². The number of aliphatic hydroxyl groups is 1. The first-order chi connectivity index (χ1) is 12.1. The molecule has 0 unspecified atom stereocenters. The van der Waals surface area contributed by atoms with Crippen molar-refractivity contribution in [1.29, 1.82) is 0 Å². The van der Waals surface area contributed by atoms with Gasteiger partial charge in [-0.25, -0.2) is 4.98 Å². The number of rotatable bonds is 7. The summed E-state index contributed by atoms with van der Waals surface area (Å²) in [6, 6.07) is 14.1. The molecule has 0 radical (unpaired) electrons. The summed E-state index contributed by atoms with van der Waals surface area (Å²) in [7, 11) is 0. The van der Waals surface area contributed by atoms with Crippen molar-refractivity contribution >= 4 is 11.0 Å². The molecule has 0 fully saturated rings. The normalized spacial score (nSPS) is 12.5. The van der Waals surface area contributed by atoms with Crippen LogP contribution in [0.2, 0.25) is 0 Å². The number of ether oxygens (including phenoxy) is 1. The summed E-state index contributed by atoms with van der Waals surface area (Å²) in [5.41, 5.74) is 4.44. The number of imidazole rings is 1. The maximum atomic E-state index is 10.5. The number of aromatic nitrogens is 2. The predicted octanol–water partition coefficient (Wildman–Crippen LogP) is 4.57. The Bertz CT molecular complexity index is 854. The van der Waals surface area contributed by atoms with Crippen molar-refractivity contribution in [3.8, 4) is 5.75 Å². The minimum Gasteiger partial charge on any atom is -0.492 e. The lowest BCUT2D eigenvalue weighted by molar-refractivity contribution is 0.151. The highest BCUT2D eigenvalue weighted by Crippen LogP contribution is 2.24. The van der Waals surface area contributed by atoms with Crippen LogP contribution in [-0.2, 0) is 6.54 Å². The van der Waals surface area contributed by atoms with Gasteiger partial charge < -0.3 is 14.4 Å². The van der Waals surface area contributed by atoms with Crippen LogP contribution in [0.25, 0.3) is 11.0 Å². The predicted molar refractivity (Wildman–Crippen MR) is 101 cm³/mol. The van der Waals surface area contributed by atoms with Crippen molar-refractivity contribution in [2.45, 2.75) is 46.3 Å². The number of benzene rings is 2. The Morgan fingerprint density at radius 1 is 1.12 bits per heavy atom. The molecule has 3 aromatic rings. The van der Waals surface area contributed by atoms with Gasteiger partial charge in [-0.05, 0) is 55.7 Å². The molecule has 3 rings (SSSR count). The second kappa shape index (κ2) is 7.70. The number of hydrogen-bond donors (Lipinski definition) is 1. The fraction of sp³-hybridized carbons (Fsp3) is 0.381. The van der Waals surface area contributed by atoms with Crippen LogP contribution in [0, 0.1) is 13.8 Å². The quantitative estimate of drug-likeness (QED) is 0.687. The Kier molecular flexibility index (Phi) is 5.39. The van der Waals surface area contributed by atoms with Crippen molar-refractivity contribution in [2.24, 2.45) is 0 Å². The minimum absolute atomic E-state index is 0.536. The van der Waals surface area contributed by atoms with E-state index in [1.807, 2.05) is 30.3 Å². The zero-order valence-corrected chi connectivity index (χ0v) is 15.2. The molecule has 25 heavy (non-hydrogen) atoms. The molecule has 132 valence electrons. The zero-order chi connectivity index (χ0) is 17.8. The lowest BCUT2D eigenvalue weighted by atomic mass is 10.1. The smallest absolute Gasteiger partial charge is 0.138 e. The Morgan fingerprint density at radius 2 is 1.92 bits per heavy atom. The van der Waals surface area contributed by atoms with Gasteiger partial charge in [-0.3, -0.25) is 0 Å². The molecule has 1 N–H and O–H groups in total. The van der Waals surface area contributed by atoms with Gasteiger partial charge in [-0.15, -0.1) is 0 Å². The van der Waals surface area contributed by atoms with Crippen LogP contribution >= 0.6 is 0 Å². The van der Waals surface area contributed by atoms with Crippen LogP contribution in [0.1, 0.15) is 42.8 Å². The van der Waals surface area contributed by atoms with E-state index >= 15 is 0 Å². The van der Waals surface area contributed by atoms with Gasteiger partial charge in [0.15, 0.2) is 0 Å². The van der Waals surface area contributed by atoms with E-state index in [9.17, 15) is 5.11 Å². The number of nitrogens with zero attached hydrogens (tertiary/aromatic N) is 2. The average Bonchev–Trinajstić information content (AvgIpc) is 2.97. The van der Waals surface area contributed by atoms with E-state index < -0.39 is 6.10 Å². The highest BCUT2D eigenvalue weighted by Gasteiger charge is 2.17. The summed E-state index contributed by atoms with van der Waals surface area (Å²) in [5, 5.41) is 10.5.